The average Bonchev–Trinajstić information content (AvgIpc) is 2.69. The van der Waals surface area contributed by atoms with Crippen LogP contribution >= 0.6 is 23.4 Å². The molecule has 17 heavy (non-hydrogen) atoms. The minimum atomic E-state index is 0.355. The van der Waals surface area contributed by atoms with E-state index in [0.717, 1.165) is 11.0 Å². The predicted octanol–water partition coefficient (Wildman–Crippen LogP) is 2.77. The molecule has 0 spiro atoms. The summed E-state index contributed by atoms with van der Waals surface area (Å²) in [6.45, 7) is 0.355. The Bertz CT molecular complexity index is 515. The van der Waals surface area contributed by atoms with Crippen molar-refractivity contribution in [2.45, 2.75) is 11.8 Å². The molecule has 1 aromatic heterocycles. The van der Waals surface area contributed by atoms with Gasteiger partial charge in [0.25, 0.3) is 0 Å². The normalized spacial score (nSPS) is 10.5. The number of ether oxygens (including phenoxy) is 1. The molecule has 90 valence electrons. The van der Waals surface area contributed by atoms with Gasteiger partial charge in [-0.1, -0.05) is 35.5 Å². The third kappa shape index (κ3) is 2.73. The maximum atomic E-state index is 5.99. The van der Waals surface area contributed by atoms with E-state index >= 15 is 0 Å². The van der Waals surface area contributed by atoms with Gasteiger partial charge >= 0.3 is 0 Å². The van der Waals surface area contributed by atoms with Crippen molar-refractivity contribution in [1.82, 2.24) is 14.8 Å². The lowest BCUT2D eigenvalue weighted by molar-refractivity contribution is 0.290. The molecule has 0 aliphatic carbocycles. The minimum absolute atomic E-state index is 0.355. The molecule has 6 heteroatoms. The van der Waals surface area contributed by atoms with E-state index in [1.807, 2.05) is 36.1 Å². The maximum Gasteiger partial charge on any atom is 0.190 e. The lowest BCUT2D eigenvalue weighted by Crippen LogP contribution is -2.04. The number of nitrogens with zero attached hydrogens (tertiary/aromatic N) is 3. The van der Waals surface area contributed by atoms with Crippen LogP contribution in [-0.2, 0) is 13.7 Å². The lowest BCUT2D eigenvalue weighted by atomic mass is 10.3. The molecule has 0 aliphatic rings. The first-order chi connectivity index (χ1) is 8.22. The smallest absolute Gasteiger partial charge is 0.190 e. The third-order valence-electron chi connectivity index (χ3n) is 2.30. The second kappa shape index (κ2) is 5.42. The molecule has 0 aliphatic heterocycles. The molecule has 0 N–H and O–H groups in total. The summed E-state index contributed by atoms with van der Waals surface area (Å²) in [6.07, 6.45) is 1.96. The molecular formula is C11H12ClN3OS. The zero-order valence-corrected chi connectivity index (χ0v) is 11.1. The molecule has 1 heterocycles. The van der Waals surface area contributed by atoms with Crippen molar-refractivity contribution in [3.63, 3.8) is 0 Å². The second-order valence-corrected chi connectivity index (χ2v) is 4.56. The maximum absolute atomic E-state index is 5.99. The molecule has 0 fully saturated rings. The van der Waals surface area contributed by atoms with Crippen LogP contribution < -0.4 is 4.74 Å². The number of hydrogen-bond acceptors (Lipinski definition) is 4. The van der Waals surface area contributed by atoms with E-state index in [0.29, 0.717) is 17.4 Å². The van der Waals surface area contributed by atoms with E-state index in [2.05, 4.69) is 10.2 Å². The predicted molar refractivity (Wildman–Crippen MR) is 68.6 cm³/mol. The van der Waals surface area contributed by atoms with Crippen LogP contribution in [0, 0.1) is 0 Å². The van der Waals surface area contributed by atoms with Crippen molar-refractivity contribution in [3.05, 3.63) is 35.1 Å². The summed E-state index contributed by atoms with van der Waals surface area (Å²) in [4.78, 5) is 0. The fourth-order valence-electron chi connectivity index (χ4n) is 1.35. The fraction of sp³-hybridized carbons (Fsp3) is 0.273. The third-order valence-corrected chi connectivity index (χ3v) is 3.33. The van der Waals surface area contributed by atoms with E-state index in [9.17, 15) is 0 Å². The van der Waals surface area contributed by atoms with Gasteiger partial charge in [-0.25, -0.2) is 0 Å². The molecule has 0 atom stereocenters. The summed E-state index contributed by atoms with van der Waals surface area (Å²) in [7, 11) is 1.91. The Hall–Kier alpha value is -1.20. The summed E-state index contributed by atoms with van der Waals surface area (Å²) < 4.78 is 7.50. The average molecular weight is 270 g/mol. The van der Waals surface area contributed by atoms with E-state index in [4.69, 9.17) is 16.3 Å². The Morgan fingerprint density at radius 2 is 2.12 bits per heavy atom. The molecule has 0 amide bonds. The second-order valence-electron chi connectivity index (χ2n) is 3.38. The molecule has 0 unspecified atom stereocenters. The topological polar surface area (TPSA) is 39.9 Å². The van der Waals surface area contributed by atoms with Crippen LogP contribution in [-0.4, -0.2) is 21.0 Å². The molecule has 1 aromatic carbocycles. The molecule has 4 nitrogen and oxygen atoms in total. The Morgan fingerprint density at radius 3 is 2.76 bits per heavy atom. The van der Waals surface area contributed by atoms with Crippen LogP contribution in [0.4, 0.5) is 0 Å². The highest BCUT2D eigenvalue weighted by Crippen LogP contribution is 2.24. The van der Waals surface area contributed by atoms with Gasteiger partial charge in [0, 0.05) is 7.05 Å². The first-order valence-corrected chi connectivity index (χ1v) is 6.62. The van der Waals surface area contributed by atoms with Crippen molar-refractivity contribution < 1.29 is 4.74 Å². The zero-order chi connectivity index (χ0) is 12.3. The monoisotopic (exact) mass is 269 g/mol. The van der Waals surface area contributed by atoms with E-state index in [1.54, 1.807) is 17.8 Å². The lowest BCUT2D eigenvalue weighted by Gasteiger charge is -2.07. The Balaban J connectivity index is 2.07. The van der Waals surface area contributed by atoms with Gasteiger partial charge in [0.1, 0.15) is 12.4 Å². The summed E-state index contributed by atoms with van der Waals surface area (Å²) in [5.74, 6) is 1.43. The van der Waals surface area contributed by atoms with E-state index < -0.39 is 0 Å². The number of thioether (sulfide) groups is 1. The Morgan fingerprint density at radius 1 is 1.35 bits per heavy atom. The van der Waals surface area contributed by atoms with E-state index in [1.165, 1.54) is 0 Å². The van der Waals surface area contributed by atoms with Gasteiger partial charge in [-0.15, -0.1) is 10.2 Å². The summed E-state index contributed by atoms with van der Waals surface area (Å²) >= 11 is 7.54. The standard InChI is InChI=1S/C11H12ClN3OS/c1-15-10(13-14-11(15)17-2)7-16-9-6-4-3-5-8(9)12/h3-6H,7H2,1-2H3. The SMILES string of the molecule is CSc1nnc(COc2ccccc2Cl)n1C. The van der Waals surface area contributed by atoms with Crippen molar-refractivity contribution in [2.75, 3.05) is 6.26 Å². The summed E-state index contributed by atoms with van der Waals surface area (Å²) in [6, 6.07) is 7.36. The number of rotatable bonds is 4. The van der Waals surface area contributed by atoms with Crippen LogP contribution in [0.15, 0.2) is 29.4 Å². The van der Waals surface area contributed by atoms with Crippen LogP contribution in [0.25, 0.3) is 0 Å². The molecule has 0 bridgehead atoms. The van der Waals surface area contributed by atoms with Gasteiger partial charge in [0.05, 0.1) is 5.02 Å². The van der Waals surface area contributed by atoms with Gasteiger partial charge in [-0.05, 0) is 18.4 Å². The van der Waals surface area contributed by atoms with Crippen LogP contribution in [0.2, 0.25) is 5.02 Å². The van der Waals surface area contributed by atoms with E-state index in [-0.39, 0.29) is 0 Å². The molecule has 0 radical (unpaired) electrons. The van der Waals surface area contributed by atoms with Crippen molar-refractivity contribution in [2.24, 2.45) is 7.05 Å². The zero-order valence-electron chi connectivity index (χ0n) is 9.55. The number of hydrogen-bond donors (Lipinski definition) is 0. The molecule has 2 rings (SSSR count). The Labute approximate surface area is 109 Å². The minimum Gasteiger partial charge on any atom is -0.484 e. The van der Waals surface area contributed by atoms with Crippen molar-refractivity contribution in [1.29, 1.82) is 0 Å². The molecular weight excluding hydrogens is 258 g/mol. The van der Waals surface area contributed by atoms with Crippen LogP contribution in [0.3, 0.4) is 0 Å². The highest BCUT2D eigenvalue weighted by Gasteiger charge is 2.08. The number of halogens is 1. The Kier molecular flexibility index (Phi) is 3.91. The quantitative estimate of drug-likeness (QED) is 0.800. The van der Waals surface area contributed by atoms with Gasteiger partial charge in [-0.3, -0.25) is 0 Å². The largest absolute Gasteiger partial charge is 0.484 e. The molecule has 0 saturated carbocycles. The van der Waals surface area contributed by atoms with Gasteiger partial charge in [-0.2, -0.15) is 0 Å². The van der Waals surface area contributed by atoms with Crippen LogP contribution in [0.1, 0.15) is 5.82 Å². The van der Waals surface area contributed by atoms with Crippen molar-refractivity contribution >= 4 is 23.4 Å². The molecule has 2 aromatic rings. The van der Waals surface area contributed by atoms with Gasteiger partial charge in [0.2, 0.25) is 0 Å². The van der Waals surface area contributed by atoms with Gasteiger partial charge < -0.3 is 9.30 Å². The van der Waals surface area contributed by atoms with Crippen molar-refractivity contribution in [3.8, 4) is 5.75 Å². The number of para-hydroxylation sites is 1. The van der Waals surface area contributed by atoms with Crippen LogP contribution in [0.5, 0.6) is 5.75 Å². The molecule has 0 saturated heterocycles. The summed E-state index contributed by atoms with van der Waals surface area (Å²) in [5.41, 5.74) is 0. The number of aromatic nitrogens is 3. The number of benzene rings is 1. The first-order valence-electron chi connectivity index (χ1n) is 5.02. The fourth-order valence-corrected chi connectivity index (χ4v) is 2.04. The first kappa shape index (κ1) is 12.3. The highest BCUT2D eigenvalue weighted by atomic mass is 35.5. The highest BCUT2D eigenvalue weighted by molar-refractivity contribution is 7.98. The summed E-state index contributed by atoms with van der Waals surface area (Å²) in [5, 5.41) is 9.55. The van der Waals surface area contributed by atoms with Gasteiger partial charge in [0.15, 0.2) is 11.0 Å².